The number of benzene rings is 4. The van der Waals surface area contributed by atoms with Crippen LogP contribution in [-0.4, -0.2) is 5.90 Å². The molecule has 0 N–H and O–H groups in total. The minimum absolute atomic E-state index is 0.0856. The Labute approximate surface area is 184 Å². The topological polar surface area (TPSA) is 34.1 Å². The van der Waals surface area contributed by atoms with E-state index in [-0.39, 0.29) is 5.90 Å². The predicted octanol–water partition coefficient (Wildman–Crippen LogP) is 5.59. The molecule has 0 bridgehead atoms. The van der Waals surface area contributed by atoms with Gasteiger partial charge in [0.2, 0.25) is 0 Å². The molecular formula is C27H26O2P2. The summed E-state index contributed by atoms with van der Waals surface area (Å²) < 4.78 is 29.8. The van der Waals surface area contributed by atoms with E-state index in [9.17, 15) is 9.13 Å². The van der Waals surface area contributed by atoms with Crippen molar-refractivity contribution in [1.29, 1.82) is 0 Å². The molecule has 0 fully saturated rings. The number of aryl methyl sites for hydroxylation is 2. The van der Waals surface area contributed by atoms with Crippen LogP contribution >= 0.6 is 14.3 Å². The zero-order valence-corrected chi connectivity index (χ0v) is 19.6. The molecule has 2 nitrogen and oxygen atoms in total. The van der Waals surface area contributed by atoms with E-state index in [1.165, 1.54) is 0 Å². The van der Waals surface area contributed by atoms with Crippen LogP contribution in [0, 0.1) is 13.8 Å². The van der Waals surface area contributed by atoms with Crippen LogP contribution in [0.15, 0.2) is 109 Å². The maximum Gasteiger partial charge on any atom is 0.151 e. The van der Waals surface area contributed by atoms with Crippen molar-refractivity contribution in [3.8, 4) is 0 Å². The summed E-state index contributed by atoms with van der Waals surface area (Å²) in [4.78, 5) is 0. The smallest absolute Gasteiger partial charge is 0.151 e. The molecule has 0 saturated heterocycles. The highest BCUT2D eigenvalue weighted by Gasteiger charge is 2.39. The molecule has 0 aromatic heterocycles. The summed E-state index contributed by atoms with van der Waals surface area (Å²) in [5.74, 6) is 0.0856. The molecule has 4 aromatic rings. The van der Waals surface area contributed by atoms with Crippen LogP contribution in [0.2, 0.25) is 0 Å². The first-order valence-electron chi connectivity index (χ1n) is 10.4. The lowest BCUT2D eigenvalue weighted by molar-refractivity contribution is 0.582. The fourth-order valence-corrected chi connectivity index (χ4v) is 12.5. The first kappa shape index (κ1) is 21.6. The van der Waals surface area contributed by atoms with E-state index in [1.54, 1.807) is 0 Å². The Bertz CT molecular complexity index is 1280. The van der Waals surface area contributed by atoms with Crippen molar-refractivity contribution in [2.75, 3.05) is 5.90 Å². The third kappa shape index (κ3) is 4.24. The molecule has 4 aromatic carbocycles. The van der Waals surface area contributed by atoms with E-state index in [2.05, 4.69) is 0 Å². The van der Waals surface area contributed by atoms with Gasteiger partial charge in [-0.05, 0) is 25.5 Å². The van der Waals surface area contributed by atoms with Gasteiger partial charge in [-0.15, -0.1) is 0 Å². The largest absolute Gasteiger partial charge is 0.313 e. The van der Waals surface area contributed by atoms with E-state index in [0.29, 0.717) is 0 Å². The van der Waals surface area contributed by atoms with Gasteiger partial charge in [0, 0.05) is 21.2 Å². The van der Waals surface area contributed by atoms with Crippen molar-refractivity contribution in [2.45, 2.75) is 13.8 Å². The second-order valence-corrected chi connectivity index (χ2v) is 14.0. The highest BCUT2D eigenvalue weighted by atomic mass is 31.2. The van der Waals surface area contributed by atoms with Gasteiger partial charge in [0.15, 0.2) is 14.3 Å². The molecule has 0 aliphatic heterocycles. The summed E-state index contributed by atoms with van der Waals surface area (Å²) in [5, 5.41) is 3.02. The van der Waals surface area contributed by atoms with Crippen LogP contribution in [0.3, 0.4) is 0 Å². The molecule has 0 aliphatic carbocycles. The Hall–Kier alpha value is -2.66. The quantitative estimate of drug-likeness (QED) is 0.364. The maximum atomic E-state index is 14.9. The highest BCUT2D eigenvalue weighted by molar-refractivity contribution is 7.94. The fraction of sp³-hybridized carbons (Fsp3) is 0.111. The Balaban J connectivity index is 1.98. The molecular weight excluding hydrogens is 418 g/mol. The normalized spacial score (nSPS) is 15.0. The molecule has 156 valence electrons. The molecule has 0 spiro atoms. The Morgan fingerprint density at radius 2 is 1.06 bits per heavy atom. The molecule has 0 amide bonds. The van der Waals surface area contributed by atoms with Crippen LogP contribution in [0.25, 0.3) is 0 Å². The van der Waals surface area contributed by atoms with Crippen molar-refractivity contribution in [1.82, 2.24) is 0 Å². The van der Waals surface area contributed by atoms with E-state index in [4.69, 9.17) is 0 Å². The van der Waals surface area contributed by atoms with Gasteiger partial charge in [0.1, 0.15) is 0 Å². The molecule has 0 heterocycles. The zero-order valence-electron chi connectivity index (χ0n) is 17.8. The second kappa shape index (κ2) is 8.83. The van der Waals surface area contributed by atoms with Crippen molar-refractivity contribution >= 4 is 35.5 Å². The Kier molecular flexibility index (Phi) is 6.15. The predicted molar refractivity (Wildman–Crippen MR) is 134 cm³/mol. The van der Waals surface area contributed by atoms with Crippen molar-refractivity contribution < 1.29 is 9.13 Å². The molecule has 4 heteroatoms. The Morgan fingerprint density at radius 1 is 0.548 bits per heavy atom. The highest BCUT2D eigenvalue weighted by Crippen LogP contribution is 2.59. The standard InChI is InChI=1S/C27H26O2P2/c1-22-12-11-18-26(20-22)30(28,24-14-5-3-6-15-24)21-31(29,25-16-7-4-8-17-25)27-19-10-9-13-23(27)2/h3-20H,21H2,1-2H3. The zero-order chi connectivity index (χ0) is 21.9. The first-order valence-corrected chi connectivity index (χ1v) is 14.1. The molecule has 4 rings (SSSR count). The van der Waals surface area contributed by atoms with Crippen LogP contribution in [0.1, 0.15) is 11.1 Å². The van der Waals surface area contributed by atoms with E-state index in [1.807, 2.05) is 123 Å². The van der Waals surface area contributed by atoms with Crippen molar-refractivity contribution in [3.05, 3.63) is 120 Å². The summed E-state index contributed by atoms with van der Waals surface area (Å²) in [5.41, 5.74) is 2.00. The second-order valence-electron chi connectivity index (χ2n) is 7.92. The first-order chi connectivity index (χ1) is 14.9. The number of rotatable bonds is 6. The van der Waals surface area contributed by atoms with E-state index < -0.39 is 14.3 Å². The molecule has 31 heavy (non-hydrogen) atoms. The molecule has 0 radical (unpaired) electrons. The monoisotopic (exact) mass is 444 g/mol. The average molecular weight is 444 g/mol. The molecule has 2 unspecified atom stereocenters. The van der Waals surface area contributed by atoms with Crippen molar-refractivity contribution in [3.63, 3.8) is 0 Å². The summed E-state index contributed by atoms with van der Waals surface area (Å²) in [6.45, 7) is 3.97. The van der Waals surface area contributed by atoms with Crippen LogP contribution < -0.4 is 21.2 Å². The Morgan fingerprint density at radius 3 is 1.65 bits per heavy atom. The van der Waals surface area contributed by atoms with Gasteiger partial charge in [-0.2, -0.15) is 0 Å². The molecule has 0 aliphatic rings. The third-order valence-electron chi connectivity index (χ3n) is 5.67. The van der Waals surface area contributed by atoms with Gasteiger partial charge in [-0.1, -0.05) is 109 Å². The summed E-state index contributed by atoms with van der Waals surface area (Å²) in [7, 11) is -6.38. The maximum absolute atomic E-state index is 14.9. The molecule has 2 atom stereocenters. The average Bonchev–Trinajstić information content (AvgIpc) is 2.80. The van der Waals surface area contributed by atoms with Crippen LogP contribution in [-0.2, 0) is 9.13 Å². The lowest BCUT2D eigenvalue weighted by Gasteiger charge is -2.27. The summed E-state index contributed by atoms with van der Waals surface area (Å²) in [6.07, 6.45) is 0. The summed E-state index contributed by atoms with van der Waals surface area (Å²) >= 11 is 0. The van der Waals surface area contributed by atoms with Crippen molar-refractivity contribution in [2.24, 2.45) is 0 Å². The van der Waals surface area contributed by atoms with Gasteiger partial charge in [-0.3, -0.25) is 0 Å². The molecule has 0 saturated carbocycles. The van der Waals surface area contributed by atoms with Crippen LogP contribution in [0.4, 0.5) is 0 Å². The van der Waals surface area contributed by atoms with Gasteiger partial charge in [0.25, 0.3) is 0 Å². The SMILES string of the molecule is Cc1cccc(P(=O)(CP(=O)(c2ccccc2)c2ccccc2C)c2ccccc2)c1. The van der Waals surface area contributed by atoms with Gasteiger partial charge in [-0.25, -0.2) is 0 Å². The lowest BCUT2D eigenvalue weighted by Crippen LogP contribution is -2.26. The number of hydrogen-bond donors (Lipinski definition) is 0. The van der Waals surface area contributed by atoms with Crippen LogP contribution in [0.5, 0.6) is 0 Å². The van der Waals surface area contributed by atoms with Gasteiger partial charge < -0.3 is 9.13 Å². The third-order valence-corrected chi connectivity index (χ3v) is 13.5. The van der Waals surface area contributed by atoms with Gasteiger partial charge in [0.05, 0.1) is 5.90 Å². The lowest BCUT2D eigenvalue weighted by atomic mass is 10.2. The fourth-order valence-electron chi connectivity index (χ4n) is 4.05. The van der Waals surface area contributed by atoms with Gasteiger partial charge >= 0.3 is 0 Å². The number of hydrogen-bond acceptors (Lipinski definition) is 2. The summed E-state index contributed by atoms with van der Waals surface area (Å²) in [6, 6.07) is 34.6. The van der Waals surface area contributed by atoms with E-state index in [0.717, 1.165) is 32.3 Å². The minimum Gasteiger partial charge on any atom is -0.313 e. The van der Waals surface area contributed by atoms with E-state index >= 15 is 0 Å². The minimum atomic E-state index is -3.19.